The highest BCUT2D eigenvalue weighted by molar-refractivity contribution is 4.83. The SMILES string of the molecule is CCCCCCCCCCCCCCCC(O)NC(CNC(C(C)C)C(N)NC)C(C)C. The van der Waals surface area contributed by atoms with Crippen LogP contribution >= 0.6 is 0 Å². The second-order valence-electron chi connectivity index (χ2n) is 10.6. The second-order valence-corrected chi connectivity index (χ2v) is 10.6. The molecule has 0 aliphatic rings. The summed E-state index contributed by atoms with van der Waals surface area (Å²) in [5.74, 6) is 0.892. The molecule has 0 spiro atoms. The molecular formula is C27H60N4O. The summed E-state index contributed by atoms with van der Waals surface area (Å²) in [6.07, 6.45) is 18.0. The average Bonchev–Trinajstić information content (AvgIpc) is 2.75. The predicted molar refractivity (Wildman–Crippen MR) is 142 cm³/mol. The minimum atomic E-state index is -0.424. The minimum absolute atomic E-state index is 0.0708. The van der Waals surface area contributed by atoms with Crippen LogP contribution in [0.1, 0.15) is 125 Å². The topological polar surface area (TPSA) is 82.3 Å². The molecule has 194 valence electrons. The third kappa shape index (κ3) is 17.3. The molecule has 0 aromatic heterocycles. The molecule has 0 aliphatic carbocycles. The lowest BCUT2D eigenvalue weighted by molar-refractivity contribution is 0.0983. The molecule has 0 radical (unpaired) electrons. The van der Waals surface area contributed by atoms with Crippen molar-refractivity contribution in [2.24, 2.45) is 17.6 Å². The highest BCUT2D eigenvalue weighted by atomic mass is 16.3. The molecule has 4 unspecified atom stereocenters. The van der Waals surface area contributed by atoms with Crippen LogP contribution in [0.3, 0.4) is 0 Å². The van der Waals surface area contributed by atoms with Gasteiger partial charge in [0.2, 0.25) is 0 Å². The molecule has 5 nitrogen and oxygen atoms in total. The average molecular weight is 457 g/mol. The van der Waals surface area contributed by atoms with E-state index in [1.807, 2.05) is 7.05 Å². The number of unbranched alkanes of at least 4 members (excludes halogenated alkanes) is 12. The van der Waals surface area contributed by atoms with Crippen molar-refractivity contribution in [3.8, 4) is 0 Å². The summed E-state index contributed by atoms with van der Waals surface area (Å²) < 4.78 is 0. The fraction of sp³-hybridized carbons (Fsp3) is 1.00. The number of nitrogens with one attached hydrogen (secondary N) is 3. The van der Waals surface area contributed by atoms with Gasteiger partial charge in [0.05, 0.1) is 6.17 Å². The van der Waals surface area contributed by atoms with Crippen molar-refractivity contribution in [1.29, 1.82) is 0 Å². The van der Waals surface area contributed by atoms with Crippen LogP contribution in [0.5, 0.6) is 0 Å². The summed E-state index contributed by atoms with van der Waals surface area (Å²) in [5.41, 5.74) is 6.20. The Labute approximate surface area is 201 Å². The molecule has 0 aliphatic heterocycles. The zero-order valence-corrected chi connectivity index (χ0v) is 22.6. The lowest BCUT2D eigenvalue weighted by atomic mass is 9.99. The maximum Gasteiger partial charge on any atom is 0.105 e. The fourth-order valence-electron chi connectivity index (χ4n) is 4.39. The van der Waals surface area contributed by atoms with Crippen LogP contribution in [0.4, 0.5) is 0 Å². The van der Waals surface area contributed by atoms with Crippen LogP contribution in [0.15, 0.2) is 0 Å². The van der Waals surface area contributed by atoms with Crippen molar-refractivity contribution in [1.82, 2.24) is 16.0 Å². The highest BCUT2D eigenvalue weighted by Gasteiger charge is 2.23. The molecule has 4 atom stereocenters. The predicted octanol–water partition coefficient (Wildman–Crippen LogP) is 5.52. The van der Waals surface area contributed by atoms with Gasteiger partial charge in [-0.25, -0.2) is 0 Å². The first-order valence-corrected chi connectivity index (χ1v) is 13.9. The quantitative estimate of drug-likeness (QED) is 0.103. The van der Waals surface area contributed by atoms with E-state index in [4.69, 9.17) is 5.73 Å². The fourth-order valence-corrected chi connectivity index (χ4v) is 4.39. The number of aliphatic hydroxyl groups is 1. The number of hydrogen-bond donors (Lipinski definition) is 5. The van der Waals surface area contributed by atoms with Crippen LogP contribution in [0, 0.1) is 11.8 Å². The second kappa shape index (κ2) is 21.3. The van der Waals surface area contributed by atoms with Crippen molar-refractivity contribution in [2.45, 2.75) is 149 Å². The molecule has 0 saturated heterocycles. The first kappa shape index (κ1) is 31.8. The van der Waals surface area contributed by atoms with Gasteiger partial charge in [-0.2, -0.15) is 0 Å². The van der Waals surface area contributed by atoms with Crippen molar-refractivity contribution < 1.29 is 5.11 Å². The summed E-state index contributed by atoms with van der Waals surface area (Å²) in [6, 6.07) is 0.443. The molecule has 0 aromatic carbocycles. The number of hydrogen-bond acceptors (Lipinski definition) is 5. The number of aliphatic hydroxyl groups excluding tert-OH is 1. The van der Waals surface area contributed by atoms with E-state index >= 15 is 0 Å². The summed E-state index contributed by atoms with van der Waals surface area (Å²) in [7, 11) is 1.90. The van der Waals surface area contributed by atoms with Gasteiger partial charge in [-0.05, 0) is 31.7 Å². The van der Waals surface area contributed by atoms with Gasteiger partial charge in [0.1, 0.15) is 6.23 Å². The van der Waals surface area contributed by atoms with Crippen molar-refractivity contribution in [3.63, 3.8) is 0 Å². The van der Waals surface area contributed by atoms with Gasteiger partial charge in [0.25, 0.3) is 0 Å². The molecule has 0 fully saturated rings. The Kier molecular flexibility index (Phi) is 21.2. The molecule has 0 amide bonds. The summed E-state index contributed by atoms with van der Waals surface area (Å²) in [4.78, 5) is 0. The van der Waals surface area contributed by atoms with Gasteiger partial charge in [-0.1, -0.05) is 112 Å². The van der Waals surface area contributed by atoms with E-state index in [1.54, 1.807) is 0 Å². The monoisotopic (exact) mass is 456 g/mol. The Balaban J connectivity index is 3.85. The van der Waals surface area contributed by atoms with Crippen LogP contribution in [0.2, 0.25) is 0 Å². The maximum atomic E-state index is 10.5. The zero-order valence-electron chi connectivity index (χ0n) is 22.6. The van der Waals surface area contributed by atoms with Crippen LogP contribution < -0.4 is 21.7 Å². The smallest absolute Gasteiger partial charge is 0.105 e. The van der Waals surface area contributed by atoms with Crippen LogP contribution in [-0.2, 0) is 0 Å². The van der Waals surface area contributed by atoms with Gasteiger partial charge < -0.3 is 21.5 Å². The standard InChI is InChI=1S/C27H60N4O/c1-7-8-9-10-11-12-13-14-15-16-17-18-19-20-25(32)31-24(22(2)3)21-30-26(23(4)5)27(28)29-6/h22-27,29-32H,7-21,28H2,1-6H3. The Morgan fingerprint density at radius 1 is 0.719 bits per heavy atom. The largest absolute Gasteiger partial charge is 0.379 e. The van der Waals surface area contributed by atoms with E-state index in [9.17, 15) is 5.11 Å². The molecular weight excluding hydrogens is 396 g/mol. The van der Waals surface area contributed by atoms with Gasteiger partial charge in [-0.15, -0.1) is 0 Å². The van der Waals surface area contributed by atoms with Gasteiger partial charge in [-0.3, -0.25) is 5.32 Å². The zero-order chi connectivity index (χ0) is 24.2. The lowest BCUT2D eigenvalue weighted by Crippen LogP contribution is -2.58. The normalized spacial score (nSPS) is 15.9. The molecule has 6 N–H and O–H groups in total. The summed E-state index contributed by atoms with van der Waals surface area (Å²) in [6.45, 7) is 11.9. The van der Waals surface area contributed by atoms with Gasteiger partial charge in [0.15, 0.2) is 0 Å². The third-order valence-electron chi connectivity index (χ3n) is 6.80. The van der Waals surface area contributed by atoms with E-state index in [1.165, 1.54) is 77.0 Å². The van der Waals surface area contributed by atoms with Crippen LogP contribution in [-0.4, -0.2) is 43.2 Å². The Bertz CT molecular complexity index is 392. The third-order valence-corrected chi connectivity index (χ3v) is 6.80. The Morgan fingerprint density at radius 3 is 1.59 bits per heavy atom. The van der Waals surface area contributed by atoms with E-state index in [0.717, 1.165) is 19.4 Å². The molecule has 0 saturated carbocycles. The van der Waals surface area contributed by atoms with Crippen molar-refractivity contribution >= 4 is 0 Å². The van der Waals surface area contributed by atoms with Crippen LogP contribution in [0.25, 0.3) is 0 Å². The van der Waals surface area contributed by atoms with E-state index < -0.39 is 6.23 Å². The first-order valence-electron chi connectivity index (χ1n) is 13.9. The Morgan fingerprint density at radius 2 is 1.19 bits per heavy atom. The lowest BCUT2D eigenvalue weighted by Gasteiger charge is -2.32. The molecule has 0 aromatic rings. The van der Waals surface area contributed by atoms with E-state index in [0.29, 0.717) is 11.8 Å². The molecule has 32 heavy (non-hydrogen) atoms. The van der Waals surface area contributed by atoms with E-state index in [-0.39, 0.29) is 18.2 Å². The molecule has 0 rings (SSSR count). The molecule has 0 bridgehead atoms. The minimum Gasteiger partial charge on any atom is -0.379 e. The number of likely N-dealkylation sites (N-methyl/N-ethyl adjacent to an activating group) is 1. The molecule has 0 heterocycles. The number of nitrogens with two attached hydrogens (primary N) is 1. The number of rotatable bonds is 23. The summed E-state index contributed by atoms with van der Waals surface area (Å²) in [5, 5.41) is 20.7. The van der Waals surface area contributed by atoms with Crippen molar-refractivity contribution in [2.75, 3.05) is 13.6 Å². The highest BCUT2D eigenvalue weighted by Crippen LogP contribution is 2.14. The maximum absolute atomic E-state index is 10.5. The molecule has 5 heteroatoms. The first-order chi connectivity index (χ1) is 15.3. The van der Waals surface area contributed by atoms with Crippen molar-refractivity contribution in [3.05, 3.63) is 0 Å². The van der Waals surface area contributed by atoms with Gasteiger partial charge >= 0.3 is 0 Å². The van der Waals surface area contributed by atoms with Gasteiger partial charge in [0, 0.05) is 18.6 Å². The summed E-state index contributed by atoms with van der Waals surface area (Å²) >= 11 is 0. The Hall–Kier alpha value is -0.200. The van der Waals surface area contributed by atoms with E-state index in [2.05, 4.69) is 50.6 Å².